The molecule has 17 heavy (non-hydrogen) atoms. The molecule has 102 valence electrons. The van der Waals surface area contributed by atoms with Gasteiger partial charge in [0.15, 0.2) is 0 Å². The van der Waals surface area contributed by atoms with Crippen molar-refractivity contribution in [2.45, 2.75) is 47.1 Å². The first-order valence-corrected chi connectivity index (χ1v) is 6.32. The number of rotatable bonds is 2. The fraction of sp³-hybridized carbons (Fsp3) is 0.923. The van der Waals surface area contributed by atoms with Crippen molar-refractivity contribution in [3.63, 3.8) is 0 Å². The van der Waals surface area contributed by atoms with E-state index in [2.05, 4.69) is 39.9 Å². The maximum Gasteiger partial charge on any atom is 0.222 e. The molecule has 1 heterocycles. The van der Waals surface area contributed by atoms with E-state index in [1.165, 1.54) is 0 Å². The van der Waals surface area contributed by atoms with E-state index in [4.69, 9.17) is 0 Å². The molecule has 4 heteroatoms. The monoisotopic (exact) mass is 262 g/mol. The molecular weight excluding hydrogens is 236 g/mol. The van der Waals surface area contributed by atoms with Crippen molar-refractivity contribution in [2.75, 3.05) is 19.6 Å². The largest absolute Gasteiger partial charge is 0.340 e. The molecule has 1 fully saturated rings. The first-order chi connectivity index (χ1) is 7.30. The zero-order valence-corrected chi connectivity index (χ0v) is 12.6. The number of nitrogens with zero attached hydrogens (tertiary/aromatic N) is 1. The van der Waals surface area contributed by atoms with Gasteiger partial charge in [-0.2, -0.15) is 0 Å². The summed E-state index contributed by atoms with van der Waals surface area (Å²) >= 11 is 0. The van der Waals surface area contributed by atoms with Crippen LogP contribution in [-0.2, 0) is 4.79 Å². The van der Waals surface area contributed by atoms with E-state index in [-0.39, 0.29) is 17.8 Å². The van der Waals surface area contributed by atoms with Crippen LogP contribution in [-0.4, -0.2) is 36.5 Å². The molecule has 1 rings (SSSR count). The molecule has 2 atom stereocenters. The second kappa shape index (κ2) is 6.60. The van der Waals surface area contributed by atoms with Gasteiger partial charge in [0.25, 0.3) is 0 Å². The van der Waals surface area contributed by atoms with E-state index >= 15 is 0 Å². The average Bonchev–Trinajstić information content (AvgIpc) is 2.16. The first kappa shape index (κ1) is 16.7. The van der Waals surface area contributed by atoms with Crippen LogP contribution in [0.25, 0.3) is 0 Å². The quantitative estimate of drug-likeness (QED) is 0.828. The molecule has 0 aromatic carbocycles. The van der Waals surface area contributed by atoms with Gasteiger partial charge in [0, 0.05) is 32.1 Å². The van der Waals surface area contributed by atoms with Crippen LogP contribution >= 0.6 is 12.4 Å². The molecular formula is C13H27ClN2O. The maximum atomic E-state index is 12.1. The Morgan fingerprint density at radius 2 is 2.06 bits per heavy atom. The lowest BCUT2D eigenvalue weighted by atomic mass is 9.80. The van der Waals surface area contributed by atoms with Crippen LogP contribution < -0.4 is 5.32 Å². The predicted octanol–water partition coefficient (Wildman–Crippen LogP) is 2.30. The Labute approximate surface area is 112 Å². The van der Waals surface area contributed by atoms with Crippen molar-refractivity contribution in [2.24, 2.45) is 11.3 Å². The van der Waals surface area contributed by atoms with Crippen LogP contribution in [0.3, 0.4) is 0 Å². The van der Waals surface area contributed by atoms with Crippen LogP contribution in [0, 0.1) is 11.3 Å². The minimum Gasteiger partial charge on any atom is -0.340 e. The highest BCUT2D eigenvalue weighted by molar-refractivity contribution is 5.85. The Morgan fingerprint density at radius 3 is 2.53 bits per heavy atom. The van der Waals surface area contributed by atoms with E-state index in [0.717, 1.165) is 19.6 Å². The molecule has 3 nitrogen and oxygen atoms in total. The number of hydrogen-bond donors (Lipinski definition) is 1. The van der Waals surface area contributed by atoms with Crippen LogP contribution in [0.2, 0.25) is 0 Å². The van der Waals surface area contributed by atoms with E-state index in [9.17, 15) is 4.79 Å². The molecule has 1 aliphatic heterocycles. The normalized spacial score (nSPS) is 22.9. The number of carbonyl (C=O) groups is 1. The smallest absolute Gasteiger partial charge is 0.222 e. The number of halogens is 1. The number of carbonyl (C=O) groups excluding carboxylic acids is 1. The molecule has 0 aromatic heterocycles. The minimum absolute atomic E-state index is 0. The third-order valence-electron chi connectivity index (χ3n) is 3.68. The fourth-order valence-corrected chi connectivity index (χ4v) is 1.86. The number of piperazine rings is 1. The number of hydrogen-bond acceptors (Lipinski definition) is 2. The number of amides is 1. The molecule has 0 radical (unpaired) electrons. The fourth-order valence-electron chi connectivity index (χ4n) is 1.86. The summed E-state index contributed by atoms with van der Waals surface area (Å²) in [7, 11) is 0. The highest BCUT2D eigenvalue weighted by Gasteiger charge is 2.26. The second-order valence-electron chi connectivity index (χ2n) is 6.17. The van der Waals surface area contributed by atoms with Crippen molar-refractivity contribution < 1.29 is 4.79 Å². The highest BCUT2D eigenvalue weighted by atomic mass is 35.5. The van der Waals surface area contributed by atoms with Gasteiger partial charge in [-0.25, -0.2) is 0 Å². The molecule has 1 amide bonds. The SMILES string of the molecule is CC(CC(=O)N1CCN[C@H](C)C1)C(C)(C)C.Cl. The first-order valence-electron chi connectivity index (χ1n) is 6.32. The summed E-state index contributed by atoms with van der Waals surface area (Å²) in [5, 5.41) is 3.36. The average molecular weight is 263 g/mol. The van der Waals surface area contributed by atoms with Crippen molar-refractivity contribution in [1.29, 1.82) is 0 Å². The summed E-state index contributed by atoms with van der Waals surface area (Å²) in [6.45, 7) is 13.5. The van der Waals surface area contributed by atoms with Crippen LogP contribution in [0.1, 0.15) is 41.0 Å². The molecule has 1 N–H and O–H groups in total. The highest BCUT2D eigenvalue weighted by Crippen LogP contribution is 2.28. The molecule has 0 saturated carbocycles. The topological polar surface area (TPSA) is 32.3 Å². The molecule has 1 saturated heterocycles. The molecule has 1 aliphatic rings. The van der Waals surface area contributed by atoms with E-state index < -0.39 is 0 Å². The van der Waals surface area contributed by atoms with Crippen molar-refractivity contribution in [3.8, 4) is 0 Å². The van der Waals surface area contributed by atoms with Gasteiger partial charge in [0.05, 0.1) is 0 Å². The third kappa shape index (κ3) is 5.26. The lowest BCUT2D eigenvalue weighted by Gasteiger charge is -2.34. The predicted molar refractivity (Wildman–Crippen MR) is 74.5 cm³/mol. The van der Waals surface area contributed by atoms with Crippen LogP contribution in [0.4, 0.5) is 0 Å². The van der Waals surface area contributed by atoms with Crippen molar-refractivity contribution >= 4 is 18.3 Å². The van der Waals surface area contributed by atoms with Gasteiger partial charge in [-0.1, -0.05) is 27.7 Å². The van der Waals surface area contributed by atoms with Gasteiger partial charge in [-0.05, 0) is 18.3 Å². The van der Waals surface area contributed by atoms with Gasteiger partial charge in [-0.3, -0.25) is 4.79 Å². The Morgan fingerprint density at radius 1 is 1.47 bits per heavy atom. The summed E-state index contributed by atoms with van der Waals surface area (Å²) in [6.07, 6.45) is 0.677. The van der Waals surface area contributed by atoms with Gasteiger partial charge in [-0.15, -0.1) is 12.4 Å². The summed E-state index contributed by atoms with van der Waals surface area (Å²) in [5.74, 6) is 0.751. The molecule has 0 spiro atoms. The van der Waals surface area contributed by atoms with Gasteiger partial charge in [0.1, 0.15) is 0 Å². The van der Waals surface area contributed by atoms with Gasteiger partial charge in [0.2, 0.25) is 5.91 Å². The van der Waals surface area contributed by atoms with E-state index in [1.807, 2.05) is 4.90 Å². The summed E-state index contributed by atoms with van der Waals surface area (Å²) in [4.78, 5) is 14.1. The Bertz CT molecular complexity index is 250. The molecule has 0 aliphatic carbocycles. The zero-order valence-electron chi connectivity index (χ0n) is 11.7. The van der Waals surface area contributed by atoms with Gasteiger partial charge < -0.3 is 10.2 Å². The maximum absolute atomic E-state index is 12.1. The summed E-state index contributed by atoms with van der Waals surface area (Å²) in [6, 6.07) is 0.433. The van der Waals surface area contributed by atoms with Crippen molar-refractivity contribution in [3.05, 3.63) is 0 Å². The molecule has 0 aromatic rings. The summed E-state index contributed by atoms with van der Waals surface area (Å²) in [5.41, 5.74) is 0.218. The van der Waals surface area contributed by atoms with Gasteiger partial charge >= 0.3 is 0 Å². The molecule has 0 bridgehead atoms. The van der Waals surface area contributed by atoms with Crippen molar-refractivity contribution in [1.82, 2.24) is 10.2 Å². The lowest BCUT2D eigenvalue weighted by molar-refractivity contribution is -0.134. The zero-order chi connectivity index (χ0) is 12.3. The van der Waals surface area contributed by atoms with E-state index in [1.54, 1.807) is 0 Å². The van der Waals surface area contributed by atoms with Crippen LogP contribution in [0.5, 0.6) is 0 Å². The Balaban J connectivity index is 0.00000256. The summed E-state index contributed by atoms with van der Waals surface area (Å²) < 4.78 is 0. The lowest BCUT2D eigenvalue weighted by Crippen LogP contribution is -2.51. The minimum atomic E-state index is 0. The van der Waals surface area contributed by atoms with E-state index in [0.29, 0.717) is 24.3 Å². The standard InChI is InChI=1S/C13H26N2O.ClH/c1-10(13(3,4)5)8-12(16)15-7-6-14-11(2)9-15;/h10-11,14H,6-9H2,1-5H3;1H/t10?,11-;/m1./s1. The van der Waals surface area contributed by atoms with Crippen LogP contribution in [0.15, 0.2) is 0 Å². The number of nitrogens with one attached hydrogen (secondary N) is 1. The Hall–Kier alpha value is -0.280. The molecule has 1 unspecified atom stereocenters. The second-order valence-corrected chi connectivity index (χ2v) is 6.17. The third-order valence-corrected chi connectivity index (χ3v) is 3.68. The Kier molecular flexibility index (Phi) is 6.49.